The number of benzene rings is 1. The van der Waals surface area contributed by atoms with E-state index in [4.69, 9.17) is 4.74 Å². The first-order chi connectivity index (χ1) is 13.0. The SMILES string of the molecule is COc1ccc([C@@H](C)NC(=O)N2CCC(Cc3ccc(=O)[nH]c3)CC2)cc1. The molecule has 1 saturated heterocycles. The predicted octanol–water partition coefficient (Wildman–Crippen LogP) is 3.11. The van der Waals surface area contributed by atoms with Crippen LogP contribution in [0.1, 0.15) is 36.9 Å². The Morgan fingerprint density at radius 1 is 1.22 bits per heavy atom. The molecular weight excluding hydrogens is 342 g/mol. The number of carbonyl (C=O) groups excluding carboxylic acids is 1. The van der Waals surface area contributed by atoms with E-state index in [1.165, 1.54) is 0 Å². The van der Waals surface area contributed by atoms with Crippen LogP contribution in [0.15, 0.2) is 47.4 Å². The summed E-state index contributed by atoms with van der Waals surface area (Å²) in [4.78, 5) is 28.3. The Morgan fingerprint density at radius 2 is 1.93 bits per heavy atom. The van der Waals surface area contributed by atoms with Crippen LogP contribution < -0.4 is 15.6 Å². The highest BCUT2D eigenvalue weighted by molar-refractivity contribution is 5.74. The molecule has 1 aliphatic rings. The highest BCUT2D eigenvalue weighted by atomic mass is 16.5. The van der Waals surface area contributed by atoms with Crippen molar-refractivity contribution in [2.75, 3.05) is 20.2 Å². The highest BCUT2D eigenvalue weighted by Gasteiger charge is 2.24. The van der Waals surface area contributed by atoms with Crippen LogP contribution in [0, 0.1) is 5.92 Å². The van der Waals surface area contributed by atoms with Gasteiger partial charge in [0.25, 0.3) is 0 Å². The number of hydrogen-bond acceptors (Lipinski definition) is 3. The van der Waals surface area contributed by atoms with Crippen molar-refractivity contribution in [1.82, 2.24) is 15.2 Å². The van der Waals surface area contributed by atoms with Gasteiger partial charge in [-0.05, 0) is 55.4 Å². The topological polar surface area (TPSA) is 74.4 Å². The lowest BCUT2D eigenvalue weighted by Crippen LogP contribution is -2.45. The molecular formula is C21H27N3O3. The first-order valence-corrected chi connectivity index (χ1v) is 9.42. The van der Waals surface area contributed by atoms with E-state index in [0.29, 0.717) is 5.92 Å². The minimum atomic E-state index is -0.0729. The molecule has 27 heavy (non-hydrogen) atoms. The summed E-state index contributed by atoms with van der Waals surface area (Å²) in [5.41, 5.74) is 2.12. The molecule has 1 fully saturated rings. The molecule has 3 rings (SSSR count). The van der Waals surface area contributed by atoms with Gasteiger partial charge < -0.3 is 19.9 Å². The molecule has 1 aromatic carbocycles. The van der Waals surface area contributed by atoms with Crippen molar-refractivity contribution in [2.45, 2.75) is 32.2 Å². The van der Waals surface area contributed by atoms with E-state index in [9.17, 15) is 9.59 Å². The van der Waals surface area contributed by atoms with Gasteiger partial charge in [0.2, 0.25) is 5.56 Å². The van der Waals surface area contributed by atoms with E-state index in [1.54, 1.807) is 19.4 Å². The zero-order chi connectivity index (χ0) is 19.2. The molecule has 1 aliphatic heterocycles. The third-order valence-corrected chi connectivity index (χ3v) is 5.23. The summed E-state index contributed by atoms with van der Waals surface area (Å²) < 4.78 is 5.17. The van der Waals surface area contributed by atoms with Crippen molar-refractivity contribution >= 4 is 6.03 Å². The Labute approximate surface area is 159 Å². The van der Waals surface area contributed by atoms with Crippen LogP contribution in [-0.4, -0.2) is 36.1 Å². The number of aromatic amines is 1. The van der Waals surface area contributed by atoms with E-state index < -0.39 is 0 Å². The number of piperidine rings is 1. The smallest absolute Gasteiger partial charge is 0.317 e. The lowest BCUT2D eigenvalue weighted by Gasteiger charge is -2.33. The van der Waals surface area contributed by atoms with Crippen molar-refractivity contribution in [3.05, 3.63) is 64.1 Å². The van der Waals surface area contributed by atoms with E-state index >= 15 is 0 Å². The summed E-state index contributed by atoms with van der Waals surface area (Å²) in [6.07, 6.45) is 4.68. The zero-order valence-corrected chi connectivity index (χ0v) is 15.9. The maximum atomic E-state index is 12.6. The van der Waals surface area contributed by atoms with Gasteiger partial charge in [0.05, 0.1) is 13.2 Å². The monoisotopic (exact) mass is 369 g/mol. The Bertz CT molecular complexity index is 788. The fraction of sp³-hybridized carbons (Fsp3) is 0.429. The van der Waals surface area contributed by atoms with Gasteiger partial charge in [-0.15, -0.1) is 0 Å². The fourth-order valence-electron chi connectivity index (χ4n) is 3.50. The molecule has 2 aromatic rings. The number of rotatable bonds is 5. The second kappa shape index (κ2) is 8.75. The first kappa shape index (κ1) is 19.0. The van der Waals surface area contributed by atoms with Crippen LogP contribution in [-0.2, 0) is 6.42 Å². The Balaban J connectivity index is 1.47. The molecule has 0 radical (unpaired) electrons. The number of nitrogens with zero attached hydrogens (tertiary/aromatic N) is 1. The largest absolute Gasteiger partial charge is 0.497 e. The maximum absolute atomic E-state index is 12.6. The third kappa shape index (κ3) is 5.12. The van der Waals surface area contributed by atoms with Crippen LogP contribution in [0.4, 0.5) is 4.79 Å². The molecule has 1 atom stereocenters. The van der Waals surface area contributed by atoms with Gasteiger partial charge in [-0.2, -0.15) is 0 Å². The molecule has 144 valence electrons. The number of ether oxygens (including phenoxy) is 1. The molecule has 0 saturated carbocycles. The van der Waals surface area contributed by atoms with Crippen LogP contribution in [0.25, 0.3) is 0 Å². The first-order valence-electron chi connectivity index (χ1n) is 9.42. The summed E-state index contributed by atoms with van der Waals surface area (Å²) in [6.45, 7) is 3.51. The van der Waals surface area contributed by atoms with Crippen LogP contribution >= 0.6 is 0 Å². The van der Waals surface area contributed by atoms with Gasteiger partial charge >= 0.3 is 6.03 Å². The molecule has 0 unspecified atom stereocenters. The number of hydrogen-bond donors (Lipinski definition) is 2. The second-order valence-corrected chi connectivity index (χ2v) is 7.14. The third-order valence-electron chi connectivity index (χ3n) is 5.23. The molecule has 0 bridgehead atoms. The Kier molecular flexibility index (Phi) is 6.16. The second-order valence-electron chi connectivity index (χ2n) is 7.14. The molecule has 2 N–H and O–H groups in total. The number of aromatic nitrogens is 1. The standard InChI is InChI=1S/C21H27N3O3/c1-15(18-4-6-19(27-2)7-5-18)23-21(26)24-11-9-16(10-12-24)13-17-3-8-20(25)22-14-17/h3-8,14-16H,9-13H2,1-2H3,(H,22,25)(H,23,26)/t15-/m1/s1. The quantitative estimate of drug-likeness (QED) is 0.850. The van der Waals surface area contributed by atoms with Crippen molar-refractivity contribution in [3.63, 3.8) is 0 Å². The number of methoxy groups -OCH3 is 1. The summed E-state index contributed by atoms with van der Waals surface area (Å²) in [7, 11) is 1.64. The number of urea groups is 1. The molecule has 1 aromatic heterocycles. The molecule has 2 heterocycles. The zero-order valence-electron chi connectivity index (χ0n) is 15.9. The summed E-state index contributed by atoms with van der Waals surface area (Å²) >= 11 is 0. The highest BCUT2D eigenvalue weighted by Crippen LogP contribution is 2.22. The van der Waals surface area contributed by atoms with Gasteiger partial charge in [-0.25, -0.2) is 4.79 Å². The van der Waals surface area contributed by atoms with Gasteiger partial charge in [-0.1, -0.05) is 18.2 Å². The minimum absolute atomic E-state index is 0.0131. The Hall–Kier alpha value is -2.76. The number of H-pyrrole nitrogens is 1. The molecule has 6 heteroatoms. The predicted molar refractivity (Wildman–Crippen MR) is 105 cm³/mol. The van der Waals surface area contributed by atoms with Crippen LogP contribution in [0.2, 0.25) is 0 Å². The number of nitrogens with one attached hydrogen (secondary N) is 2. The van der Waals surface area contributed by atoms with Crippen molar-refractivity contribution < 1.29 is 9.53 Å². The average Bonchev–Trinajstić information content (AvgIpc) is 2.70. The van der Waals surface area contributed by atoms with Crippen molar-refractivity contribution in [2.24, 2.45) is 5.92 Å². The van der Waals surface area contributed by atoms with Crippen molar-refractivity contribution in [1.29, 1.82) is 0 Å². The molecule has 0 aliphatic carbocycles. The average molecular weight is 369 g/mol. The normalized spacial score (nSPS) is 16.0. The van der Waals surface area contributed by atoms with E-state index in [0.717, 1.165) is 49.2 Å². The van der Waals surface area contributed by atoms with Gasteiger partial charge in [0.1, 0.15) is 5.75 Å². The summed E-state index contributed by atoms with van der Waals surface area (Å²) in [5, 5.41) is 3.08. The lowest BCUT2D eigenvalue weighted by molar-refractivity contribution is 0.167. The van der Waals surface area contributed by atoms with Gasteiger partial charge in [-0.3, -0.25) is 4.79 Å². The molecule has 2 amide bonds. The Morgan fingerprint density at radius 3 is 2.52 bits per heavy atom. The van der Waals surface area contributed by atoms with E-state index in [-0.39, 0.29) is 17.6 Å². The molecule has 6 nitrogen and oxygen atoms in total. The van der Waals surface area contributed by atoms with Crippen LogP contribution in [0.5, 0.6) is 5.75 Å². The summed E-state index contributed by atoms with van der Waals surface area (Å²) in [5.74, 6) is 1.35. The number of pyridine rings is 1. The number of likely N-dealkylation sites (tertiary alicyclic amines) is 1. The minimum Gasteiger partial charge on any atom is -0.497 e. The number of amides is 2. The fourth-order valence-corrected chi connectivity index (χ4v) is 3.50. The summed E-state index contributed by atoms with van der Waals surface area (Å²) in [6, 6.07) is 11.1. The van der Waals surface area contributed by atoms with E-state index in [2.05, 4.69) is 10.3 Å². The maximum Gasteiger partial charge on any atom is 0.317 e. The lowest BCUT2D eigenvalue weighted by atomic mass is 9.91. The van der Waals surface area contributed by atoms with Gasteiger partial charge in [0, 0.05) is 25.4 Å². The van der Waals surface area contributed by atoms with E-state index in [1.807, 2.05) is 42.2 Å². The van der Waals surface area contributed by atoms with Crippen LogP contribution in [0.3, 0.4) is 0 Å². The van der Waals surface area contributed by atoms with Gasteiger partial charge in [0.15, 0.2) is 0 Å². The molecule has 0 spiro atoms. The number of carbonyl (C=O) groups is 1. The van der Waals surface area contributed by atoms with Crippen molar-refractivity contribution in [3.8, 4) is 5.75 Å².